The van der Waals surface area contributed by atoms with Crippen LogP contribution in [0, 0.1) is 0 Å². The number of aliphatic hydroxyl groups is 1. The first-order valence-electron chi connectivity index (χ1n) is 8.33. The van der Waals surface area contributed by atoms with Gasteiger partial charge in [-0.25, -0.2) is 5.43 Å². The number of carbonyl (C=O) groups excluding carboxylic acids is 1. The summed E-state index contributed by atoms with van der Waals surface area (Å²) in [4.78, 5) is 13.0. The van der Waals surface area contributed by atoms with E-state index in [-0.39, 0.29) is 0 Å². The van der Waals surface area contributed by atoms with Gasteiger partial charge in [-0.3, -0.25) is 4.79 Å². The third-order valence-electron chi connectivity index (χ3n) is 4.18. The van der Waals surface area contributed by atoms with Gasteiger partial charge in [-0.1, -0.05) is 76.7 Å². The molecule has 0 spiro atoms. The molecule has 0 saturated heterocycles. The van der Waals surface area contributed by atoms with Gasteiger partial charge in [0.15, 0.2) is 5.60 Å². The number of hydrogen-bond acceptors (Lipinski definition) is 3. The van der Waals surface area contributed by atoms with Crippen molar-refractivity contribution in [3.05, 3.63) is 104 Å². The summed E-state index contributed by atoms with van der Waals surface area (Å²) < 4.78 is 0. The lowest BCUT2D eigenvalue weighted by Gasteiger charge is -2.27. The van der Waals surface area contributed by atoms with Gasteiger partial charge < -0.3 is 5.11 Å². The molecule has 2 N–H and O–H groups in total. The fourth-order valence-corrected chi connectivity index (χ4v) is 3.37. The molecule has 0 aliphatic carbocycles. The highest BCUT2D eigenvalue weighted by Crippen LogP contribution is 2.31. The molecular formula is C21H14Cl4N2O2. The second-order valence-corrected chi connectivity index (χ2v) is 7.81. The van der Waals surface area contributed by atoms with Gasteiger partial charge in [0.1, 0.15) is 0 Å². The Balaban J connectivity index is 1.93. The van der Waals surface area contributed by atoms with Crippen molar-refractivity contribution in [2.45, 2.75) is 5.60 Å². The van der Waals surface area contributed by atoms with E-state index in [4.69, 9.17) is 46.4 Å². The van der Waals surface area contributed by atoms with E-state index in [9.17, 15) is 9.90 Å². The van der Waals surface area contributed by atoms with E-state index in [2.05, 4.69) is 10.5 Å². The summed E-state index contributed by atoms with van der Waals surface area (Å²) in [7, 11) is 0. The van der Waals surface area contributed by atoms with E-state index in [1.165, 1.54) is 6.21 Å². The van der Waals surface area contributed by atoms with Crippen molar-refractivity contribution >= 4 is 58.5 Å². The van der Waals surface area contributed by atoms with Gasteiger partial charge in [-0.15, -0.1) is 0 Å². The van der Waals surface area contributed by atoms with Gasteiger partial charge in [0.05, 0.1) is 11.2 Å². The summed E-state index contributed by atoms with van der Waals surface area (Å²) in [6.45, 7) is 0. The standard InChI is InChI=1S/C21H14Cl4N2O2/c22-16-7-2-14(3-8-16)21(29,15-4-9-17(23)10-5-15)20(28)27-26-12-13-1-6-18(24)11-19(13)25/h1-12,29H,(H,27,28)/b26-12+. The Kier molecular flexibility index (Phi) is 6.83. The lowest BCUT2D eigenvalue weighted by molar-refractivity contribution is -0.136. The van der Waals surface area contributed by atoms with Crippen LogP contribution in [-0.2, 0) is 10.4 Å². The zero-order valence-electron chi connectivity index (χ0n) is 14.7. The van der Waals surface area contributed by atoms with Crippen molar-refractivity contribution in [1.82, 2.24) is 5.43 Å². The van der Waals surface area contributed by atoms with Crippen LogP contribution in [-0.4, -0.2) is 17.2 Å². The Morgan fingerprint density at radius 2 is 1.31 bits per heavy atom. The van der Waals surface area contributed by atoms with Gasteiger partial charge in [-0.2, -0.15) is 5.10 Å². The van der Waals surface area contributed by atoms with E-state index in [1.54, 1.807) is 66.7 Å². The minimum atomic E-state index is -2.02. The first-order valence-corrected chi connectivity index (χ1v) is 9.85. The topological polar surface area (TPSA) is 61.7 Å². The van der Waals surface area contributed by atoms with Crippen LogP contribution in [0.5, 0.6) is 0 Å². The lowest BCUT2D eigenvalue weighted by atomic mass is 9.85. The number of carbonyl (C=O) groups is 1. The van der Waals surface area contributed by atoms with Crippen LogP contribution < -0.4 is 5.43 Å². The van der Waals surface area contributed by atoms with Gasteiger partial charge in [-0.05, 0) is 47.5 Å². The minimum absolute atomic E-state index is 0.321. The average Bonchev–Trinajstić information content (AvgIpc) is 2.70. The van der Waals surface area contributed by atoms with Crippen LogP contribution in [0.25, 0.3) is 0 Å². The predicted molar refractivity (Wildman–Crippen MR) is 118 cm³/mol. The van der Waals surface area contributed by atoms with Crippen LogP contribution in [0.4, 0.5) is 0 Å². The third kappa shape index (κ3) is 4.92. The summed E-state index contributed by atoms with van der Waals surface area (Å²) in [6, 6.07) is 17.5. The molecule has 0 bridgehead atoms. The monoisotopic (exact) mass is 466 g/mol. The third-order valence-corrected chi connectivity index (χ3v) is 5.25. The van der Waals surface area contributed by atoms with E-state index >= 15 is 0 Å². The number of nitrogens with zero attached hydrogens (tertiary/aromatic N) is 1. The Bertz CT molecular complexity index is 1010. The van der Waals surface area contributed by atoms with Gasteiger partial charge in [0, 0.05) is 20.6 Å². The van der Waals surface area contributed by atoms with Crippen molar-refractivity contribution < 1.29 is 9.90 Å². The molecule has 0 fully saturated rings. The number of rotatable bonds is 5. The maximum absolute atomic E-state index is 13.0. The largest absolute Gasteiger partial charge is 0.372 e. The van der Waals surface area contributed by atoms with Crippen LogP contribution in [0.2, 0.25) is 20.1 Å². The first kappa shape index (κ1) is 21.6. The second-order valence-electron chi connectivity index (χ2n) is 6.09. The van der Waals surface area contributed by atoms with Crippen molar-refractivity contribution in [3.8, 4) is 0 Å². The second kappa shape index (κ2) is 9.16. The highest BCUT2D eigenvalue weighted by atomic mass is 35.5. The lowest BCUT2D eigenvalue weighted by Crippen LogP contribution is -2.43. The first-order chi connectivity index (χ1) is 13.8. The minimum Gasteiger partial charge on any atom is -0.372 e. The summed E-state index contributed by atoms with van der Waals surface area (Å²) >= 11 is 23.8. The van der Waals surface area contributed by atoms with Crippen molar-refractivity contribution in [1.29, 1.82) is 0 Å². The molecular weight excluding hydrogens is 454 g/mol. The number of hydrogen-bond donors (Lipinski definition) is 2. The van der Waals surface area contributed by atoms with Crippen LogP contribution in [0.15, 0.2) is 71.8 Å². The Hall–Kier alpha value is -2.08. The molecule has 3 rings (SSSR count). The molecule has 8 heteroatoms. The Labute approximate surface area is 187 Å². The number of nitrogens with one attached hydrogen (secondary N) is 1. The molecule has 0 heterocycles. The number of benzene rings is 3. The molecule has 0 aliphatic rings. The zero-order valence-corrected chi connectivity index (χ0v) is 17.8. The molecule has 0 unspecified atom stereocenters. The van der Waals surface area contributed by atoms with E-state index < -0.39 is 11.5 Å². The van der Waals surface area contributed by atoms with Gasteiger partial charge in [0.2, 0.25) is 0 Å². The molecule has 4 nitrogen and oxygen atoms in total. The highest BCUT2D eigenvalue weighted by Gasteiger charge is 2.40. The smallest absolute Gasteiger partial charge is 0.281 e. The maximum Gasteiger partial charge on any atom is 0.281 e. The normalized spacial score (nSPS) is 11.6. The maximum atomic E-state index is 13.0. The fraction of sp³-hybridized carbons (Fsp3) is 0.0476. The van der Waals surface area contributed by atoms with Crippen LogP contribution >= 0.6 is 46.4 Å². The van der Waals surface area contributed by atoms with Gasteiger partial charge in [0.25, 0.3) is 5.91 Å². The molecule has 3 aromatic carbocycles. The molecule has 1 amide bonds. The Morgan fingerprint density at radius 1 is 0.828 bits per heavy atom. The molecule has 0 radical (unpaired) electrons. The molecule has 0 aromatic heterocycles. The van der Waals surface area contributed by atoms with E-state index in [1.807, 2.05) is 0 Å². The van der Waals surface area contributed by atoms with Gasteiger partial charge >= 0.3 is 0 Å². The SMILES string of the molecule is O=C(N/N=C/c1ccc(Cl)cc1Cl)C(O)(c1ccc(Cl)cc1)c1ccc(Cl)cc1. The molecule has 0 atom stereocenters. The summed E-state index contributed by atoms with van der Waals surface area (Å²) in [5.74, 6) is -0.761. The van der Waals surface area contributed by atoms with Crippen molar-refractivity contribution in [2.75, 3.05) is 0 Å². The fourth-order valence-electron chi connectivity index (χ4n) is 2.66. The molecule has 148 valence electrons. The summed E-state index contributed by atoms with van der Waals surface area (Å²) in [5.41, 5.74) is 1.54. The van der Waals surface area contributed by atoms with Crippen molar-refractivity contribution in [2.24, 2.45) is 5.10 Å². The van der Waals surface area contributed by atoms with Crippen LogP contribution in [0.1, 0.15) is 16.7 Å². The number of amides is 1. The van der Waals surface area contributed by atoms with E-state index in [0.29, 0.717) is 36.8 Å². The average molecular weight is 468 g/mol. The Morgan fingerprint density at radius 3 is 1.79 bits per heavy atom. The summed E-state index contributed by atoms with van der Waals surface area (Å²) in [6.07, 6.45) is 1.36. The number of hydrazone groups is 1. The summed E-state index contributed by atoms with van der Waals surface area (Å²) in [5, 5.41) is 17.1. The molecule has 3 aromatic rings. The molecule has 0 aliphatic heterocycles. The van der Waals surface area contributed by atoms with E-state index in [0.717, 1.165) is 0 Å². The zero-order chi connectivity index (χ0) is 21.0. The molecule has 0 saturated carbocycles. The van der Waals surface area contributed by atoms with Crippen molar-refractivity contribution in [3.63, 3.8) is 0 Å². The van der Waals surface area contributed by atoms with Crippen LogP contribution in [0.3, 0.4) is 0 Å². The predicted octanol–water partition coefficient (Wildman–Crippen LogP) is 5.69. The molecule has 29 heavy (non-hydrogen) atoms. The quantitative estimate of drug-likeness (QED) is 0.374. The highest BCUT2D eigenvalue weighted by molar-refractivity contribution is 6.36. The number of halogens is 4.